The zero-order valence-corrected chi connectivity index (χ0v) is 28.5. The minimum atomic E-state index is -0.115. The number of carbonyl (C=O) groups is 1. The van der Waals surface area contributed by atoms with E-state index >= 15 is 0 Å². The highest BCUT2D eigenvalue weighted by Gasteiger charge is 2.21. The van der Waals surface area contributed by atoms with Crippen molar-refractivity contribution in [2.24, 2.45) is 0 Å². The maximum atomic E-state index is 13.2. The van der Waals surface area contributed by atoms with Gasteiger partial charge in [0.25, 0.3) is 5.56 Å². The van der Waals surface area contributed by atoms with Crippen molar-refractivity contribution in [3.05, 3.63) is 105 Å². The molecule has 49 heavy (non-hydrogen) atoms. The number of halogens is 2. The number of hydrogen-bond donors (Lipinski definition) is 3. The highest BCUT2D eigenvalue weighted by atomic mass is 35.5. The predicted molar refractivity (Wildman–Crippen MR) is 191 cm³/mol. The molecule has 2 aliphatic heterocycles. The van der Waals surface area contributed by atoms with Gasteiger partial charge in [0.1, 0.15) is 5.65 Å². The first-order valence-electron chi connectivity index (χ1n) is 16.3. The standard InChI is InChI=1S/C37H36Cl2N6O4/c1-48-36-23(17-40-20-25-9-11-33(46)43-25)8-10-31(44-36)30-7-3-6-29(35(30)39)28-5-2-4-27(34(28)38)22-12-14-45-32(16-22)42-19-24(37(45)47)18-41-21-26-13-15-49-26/h2-8,10,12,14,16,19,25-26,40-41H,9,11,13,15,17-18,20-21H2,1H3,(H,43,46). The second-order valence-corrected chi connectivity index (χ2v) is 13.0. The van der Waals surface area contributed by atoms with Crippen molar-refractivity contribution in [3.8, 4) is 39.4 Å². The van der Waals surface area contributed by atoms with Crippen LogP contribution in [-0.4, -0.2) is 59.2 Å². The molecule has 2 aliphatic rings. The zero-order valence-electron chi connectivity index (χ0n) is 27.0. The summed E-state index contributed by atoms with van der Waals surface area (Å²) >= 11 is 14.2. The molecule has 2 atom stereocenters. The molecule has 0 saturated carbocycles. The van der Waals surface area contributed by atoms with E-state index in [1.165, 1.54) is 0 Å². The van der Waals surface area contributed by atoms with Crippen molar-refractivity contribution in [2.45, 2.75) is 44.5 Å². The van der Waals surface area contributed by atoms with Crippen LogP contribution in [-0.2, 0) is 22.6 Å². The molecule has 3 aromatic heterocycles. The topological polar surface area (TPSA) is 119 Å². The number of rotatable bonds is 12. The average molecular weight is 700 g/mol. The number of hydrogen-bond acceptors (Lipinski definition) is 8. The number of aromatic nitrogens is 3. The number of carbonyl (C=O) groups excluding carboxylic acids is 1. The number of fused-ring (bicyclic) bond motifs is 1. The van der Waals surface area contributed by atoms with Crippen molar-refractivity contribution in [2.75, 3.05) is 26.8 Å². The molecule has 1 amide bonds. The maximum absolute atomic E-state index is 13.2. The van der Waals surface area contributed by atoms with E-state index in [1.807, 2.05) is 60.7 Å². The van der Waals surface area contributed by atoms with Gasteiger partial charge in [0.05, 0.1) is 29.0 Å². The lowest BCUT2D eigenvalue weighted by Gasteiger charge is -2.26. The average Bonchev–Trinajstić information content (AvgIpc) is 3.51. The van der Waals surface area contributed by atoms with E-state index in [4.69, 9.17) is 37.7 Å². The van der Waals surface area contributed by atoms with Gasteiger partial charge in [-0.1, -0.05) is 65.7 Å². The van der Waals surface area contributed by atoms with Crippen LogP contribution in [0.3, 0.4) is 0 Å². The summed E-state index contributed by atoms with van der Waals surface area (Å²) < 4.78 is 12.6. The van der Waals surface area contributed by atoms with Gasteiger partial charge in [0.15, 0.2) is 0 Å². The van der Waals surface area contributed by atoms with Crippen LogP contribution >= 0.6 is 23.2 Å². The Labute approximate surface area is 293 Å². The summed E-state index contributed by atoms with van der Waals surface area (Å²) in [6, 6.07) is 19.4. The van der Waals surface area contributed by atoms with Crippen LogP contribution in [0.15, 0.2) is 77.9 Å². The molecular weight excluding hydrogens is 663 g/mol. The number of amides is 1. The molecule has 7 rings (SSSR count). The summed E-state index contributed by atoms with van der Waals surface area (Å²) in [6.07, 6.45) is 6.02. The van der Waals surface area contributed by atoms with Crippen molar-refractivity contribution < 1.29 is 14.3 Å². The van der Waals surface area contributed by atoms with Crippen LogP contribution in [0.4, 0.5) is 0 Å². The molecule has 2 unspecified atom stereocenters. The fourth-order valence-electron chi connectivity index (χ4n) is 6.26. The van der Waals surface area contributed by atoms with Gasteiger partial charge in [-0.15, -0.1) is 0 Å². The molecule has 2 aromatic carbocycles. The molecule has 5 heterocycles. The Morgan fingerprint density at radius 1 is 0.918 bits per heavy atom. The quantitative estimate of drug-likeness (QED) is 0.153. The van der Waals surface area contributed by atoms with Crippen molar-refractivity contribution in [3.63, 3.8) is 0 Å². The molecule has 10 nitrogen and oxygen atoms in total. The second-order valence-electron chi connectivity index (χ2n) is 12.3. The van der Waals surface area contributed by atoms with Crippen LogP contribution in [0, 0.1) is 0 Å². The van der Waals surface area contributed by atoms with Gasteiger partial charge in [-0.05, 0) is 36.6 Å². The summed E-state index contributed by atoms with van der Waals surface area (Å²) in [7, 11) is 1.60. The Morgan fingerprint density at radius 3 is 2.35 bits per heavy atom. The van der Waals surface area contributed by atoms with E-state index in [2.05, 4.69) is 20.9 Å². The van der Waals surface area contributed by atoms with E-state index in [9.17, 15) is 9.59 Å². The van der Waals surface area contributed by atoms with Gasteiger partial charge in [-0.2, -0.15) is 0 Å². The molecular formula is C37H36Cl2N6O4. The fraction of sp³-hybridized carbons (Fsp3) is 0.297. The van der Waals surface area contributed by atoms with Gasteiger partial charge < -0.3 is 25.4 Å². The lowest BCUT2D eigenvalue weighted by Crippen LogP contribution is -2.37. The maximum Gasteiger partial charge on any atom is 0.262 e. The predicted octanol–water partition coefficient (Wildman–Crippen LogP) is 5.65. The first-order chi connectivity index (χ1) is 23.9. The molecule has 2 fully saturated rings. The first kappa shape index (κ1) is 33.2. The Bertz CT molecular complexity index is 2080. The number of nitrogens with one attached hydrogen (secondary N) is 3. The van der Waals surface area contributed by atoms with Crippen LogP contribution in [0.5, 0.6) is 5.88 Å². The molecule has 3 N–H and O–H groups in total. The largest absolute Gasteiger partial charge is 0.481 e. The molecule has 0 radical (unpaired) electrons. The van der Waals surface area contributed by atoms with Crippen molar-refractivity contribution in [1.29, 1.82) is 0 Å². The molecule has 0 spiro atoms. The van der Waals surface area contributed by atoms with Crippen LogP contribution < -0.4 is 26.2 Å². The van der Waals surface area contributed by atoms with E-state index in [0.29, 0.717) is 65.4 Å². The van der Waals surface area contributed by atoms with Crippen LogP contribution in [0.1, 0.15) is 30.4 Å². The summed E-state index contributed by atoms with van der Waals surface area (Å²) in [5.41, 5.74) is 6.45. The second kappa shape index (κ2) is 14.7. The monoisotopic (exact) mass is 698 g/mol. The summed E-state index contributed by atoms with van der Waals surface area (Å²) in [6.45, 7) is 3.16. The molecule has 2 saturated heterocycles. The SMILES string of the molecule is COc1nc(-c2cccc(-c3cccc(-c4ccn5c(=O)c(CNCC6CCO6)cnc5c4)c3Cl)c2Cl)ccc1CNCC1CCC(=O)N1. The Kier molecular flexibility index (Phi) is 9.93. The highest BCUT2D eigenvalue weighted by Crippen LogP contribution is 2.42. The minimum absolute atomic E-state index is 0.0969. The van der Waals surface area contributed by atoms with E-state index in [0.717, 1.165) is 52.8 Å². The van der Waals surface area contributed by atoms with Gasteiger partial charge in [0, 0.05) is 91.0 Å². The summed E-state index contributed by atoms with van der Waals surface area (Å²) in [4.78, 5) is 34.0. The molecule has 12 heteroatoms. The summed E-state index contributed by atoms with van der Waals surface area (Å²) in [5, 5.41) is 10.7. The smallest absolute Gasteiger partial charge is 0.262 e. The third-order valence-electron chi connectivity index (χ3n) is 9.06. The lowest BCUT2D eigenvalue weighted by molar-refractivity contribution is -0.119. The normalized spacial score (nSPS) is 17.2. The molecule has 0 aliphatic carbocycles. The van der Waals surface area contributed by atoms with E-state index in [1.54, 1.807) is 23.9 Å². The van der Waals surface area contributed by atoms with Gasteiger partial charge >= 0.3 is 0 Å². The van der Waals surface area contributed by atoms with E-state index in [-0.39, 0.29) is 23.6 Å². The lowest BCUT2D eigenvalue weighted by atomic mass is 9.97. The number of ether oxygens (including phenoxy) is 2. The Morgan fingerprint density at radius 2 is 1.63 bits per heavy atom. The van der Waals surface area contributed by atoms with Crippen LogP contribution in [0.25, 0.3) is 39.2 Å². The number of pyridine rings is 2. The number of benzene rings is 2. The minimum Gasteiger partial charge on any atom is -0.481 e. The molecule has 5 aromatic rings. The number of nitrogens with zero attached hydrogens (tertiary/aromatic N) is 3. The van der Waals surface area contributed by atoms with E-state index < -0.39 is 0 Å². The highest BCUT2D eigenvalue weighted by molar-refractivity contribution is 6.39. The molecule has 0 bridgehead atoms. The first-order valence-corrected chi connectivity index (χ1v) is 17.1. The van der Waals surface area contributed by atoms with Gasteiger partial charge in [-0.25, -0.2) is 9.97 Å². The number of methoxy groups -OCH3 is 1. The van der Waals surface area contributed by atoms with Gasteiger partial charge in [-0.3, -0.25) is 14.0 Å². The third kappa shape index (κ3) is 7.06. The van der Waals surface area contributed by atoms with Crippen molar-refractivity contribution >= 4 is 34.8 Å². The molecule has 252 valence electrons. The zero-order chi connectivity index (χ0) is 33.9. The summed E-state index contributed by atoms with van der Waals surface area (Å²) in [5.74, 6) is 0.595. The Balaban J connectivity index is 1.12. The van der Waals surface area contributed by atoms with Gasteiger partial charge in [0.2, 0.25) is 11.8 Å². The fourth-order valence-corrected chi connectivity index (χ4v) is 6.92. The van der Waals surface area contributed by atoms with Crippen LogP contribution in [0.2, 0.25) is 10.0 Å². The Hall–Kier alpha value is -4.32. The van der Waals surface area contributed by atoms with Crippen molar-refractivity contribution in [1.82, 2.24) is 30.3 Å². The third-order valence-corrected chi connectivity index (χ3v) is 9.87.